The number of carbonyl (C=O) groups is 3. The van der Waals surface area contributed by atoms with Crippen molar-refractivity contribution in [2.75, 3.05) is 14.1 Å². The Morgan fingerprint density at radius 2 is 1.63 bits per heavy atom. The van der Waals surface area contributed by atoms with Gasteiger partial charge in [0.15, 0.2) is 5.78 Å². The number of halogens is 1. The molecule has 4 rings (SSSR count). The zero-order chi connectivity index (χ0) is 29.5. The van der Waals surface area contributed by atoms with Crippen LogP contribution in [0, 0.1) is 17.8 Å². The van der Waals surface area contributed by atoms with Gasteiger partial charge in [-0.25, -0.2) is 0 Å². The molecule has 3 unspecified atom stereocenters. The molecule has 2 aromatic rings. The van der Waals surface area contributed by atoms with Crippen LogP contribution in [-0.2, 0) is 16.1 Å². The zero-order valence-corrected chi connectivity index (χ0v) is 25.8. The van der Waals surface area contributed by atoms with Crippen LogP contribution in [0.4, 0.5) is 0 Å². The molecule has 0 aliphatic heterocycles. The molecule has 7 heteroatoms. The number of benzene rings is 2. The topological polar surface area (TPSA) is 78.5 Å². The van der Waals surface area contributed by atoms with Gasteiger partial charge in [-0.05, 0) is 75.4 Å². The SMILES string of the molecule is CC(C)C[C@H](NC(=O)C1CCCC1C(=O)c1ccc(CN(C)C)cc1)C(=O)N[C@@H]1CCCCC1c1cccc(Cl)c1. The standard InChI is InChI=1S/C34H46ClN3O3/c1-22(2)19-31(34(41)36-30-14-6-5-11-27(30)25-9-7-10-26(35)20-25)37-33(40)29-13-8-12-28(29)32(39)24-17-15-23(16-18-24)21-38(3)4/h7,9-10,15-18,20,22,27-31H,5-6,8,11-14,19,21H2,1-4H3,(H,36,41)(H,37,40)/t27?,28?,29?,30-,31+/m1/s1. The molecule has 2 aromatic carbocycles. The van der Waals surface area contributed by atoms with Crippen LogP contribution in [0.1, 0.15) is 92.6 Å². The van der Waals surface area contributed by atoms with Gasteiger partial charge in [0.1, 0.15) is 6.04 Å². The van der Waals surface area contributed by atoms with Crippen molar-refractivity contribution in [1.82, 2.24) is 15.5 Å². The van der Waals surface area contributed by atoms with Crippen molar-refractivity contribution < 1.29 is 14.4 Å². The molecule has 2 saturated carbocycles. The lowest BCUT2D eigenvalue weighted by atomic mass is 9.80. The van der Waals surface area contributed by atoms with Gasteiger partial charge in [0.05, 0.1) is 0 Å². The third-order valence-corrected chi connectivity index (χ3v) is 8.87. The summed E-state index contributed by atoms with van der Waals surface area (Å²) in [7, 11) is 4.03. The van der Waals surface area contributed by atoms with Crippen LogP contribution < -0.4 is 10.6 Å². The quantitative estimate of drug-likeness (QED) is 0.303. The van der Waals surface area contributed by atoms with Gasteiger partial charge in [-0.1, -0.05) is 81.1 Å². The molecule has 2 aliphatic carbocycles. The van der Waals surface area contributed by atoms with Crippen LogP contribution >= 0.6 is 11.6 Å². The van der Waals surface area contributed by atoms with E-state index < -0.39 is 12.0 Å². The van der Waals surface area contributed by atoms with Crippen molar-refractivity contribution in [3.05, 3.63) is 70.2 Å². The van der Waals surface area contributed by atoms with E-state index >= 15 is 0 Å². The number of nitrogens with zero attached hydrogens (tertiary/aromatic N) is 1. The molecule has 0 heterocycles. The monoisotopic (exact) mass is 579 g/mol. The average molecular weight is 580 g/mol. The first-order chi connectivity index (χ1) is 19.6. The van der Waals surface area contributed by atoms with E-state index in [0.717, 1.165) is 49.8 Å². The maximum Gasteiger partial charge on any atom is 0.242 e. The number of hydrogen-bond donors (Lipinski definition) is 2. The minimum atomic E-state index is -0.633. The van der Waals surface area contributed by atoms with Crippen LogP contribution in [0.2, 0.25) is 5.02 Å². The fraction of sp³-hybridized carbons (Fsp3) is 0.559. The van der Waals surface area contributed by atoms with Crippen molar-refractivity contribution in [2.24, 2.45) is 17.8 Å². The summed E-state index contributed by atoms with van der Waals surface area (Å²) in [6.45, 7) is 4.93. The Balaban J connectivity index is 1.43. The molecule has 6 nitrogen and oxygen atoms in total. The summed E-state index contributed by atoms with van der Waals surface area (Å²) in [6, 6.07) is 15.0. The van der Waals surface area contributed by atoms with E-state index in [9.17, 15) is 14.4 Å². The first-order valence-corrected chi connectivity index (χ1v) is 15.6. The molecular weight excluding hydrogens is 534 g/mol. The van der Waals surface area contributed by atoms with E-state index in [-0.39, 0.29) is 41.4 Å². The molecule has 5 atom stereocenters. The van der Waals surface area contributed by atoms with Gasteiger partial charge in [0, 0.05) is 40.9 Å². The lowest BCUT2D eigenvalue weighted by Gasteiger charge is -2.34. The average Bonchev–Trinajstić information content (AvgIpc) is 3.43. The Bertz CT molecular complexity index is 1200. The second-order valence-corrected chi connectivity index (χ2v) is 13.1. The highest BCUT2D eigenvalue weighted by molar-refractivity contribution is 6.30. The van der Waals surface area contributed by atoms with Gasteiger partial charge in [-0.2, -0.15) is 0 Å². The summed E-state index contributed by atoms with van der Waals surface area (Å²) in [5.74, 6) is -0.645. The fourth-order valence-corrected chi connectivity index (χ4v) is 6.84. The van der Waals surface area contributed by atoms with Crippen LogP contribution in [0.5, 0.6) is 0 Å². The molecule has 0 bridgehead atoms. The molecule has 2 fully saturated rings. The van der Waals surface area contributed by atoms with Gasteiger partial charge < -0.3 is 15.5 Å². The van der Waals surface area contributed by atoms with Crippen molar-refractivity contribution in [2.45, 2.75) is 89.8 Å². The molecule has 41 heavy (non-hydrogen) atoms. The molecule has 2 N–H and O–H groups in total. The maximum absolute atomic E-state index is 13.7. The van der Waals surface area contributed by atoms with E-state index in [1.54, 1.807) is 0 Å². The summed E-state index contributed by atoms with van der Waals surface area (Å²) >= 11 is 6.28. The molecular formula is C34H46ClN3O3. The van der Waals surface area contributed by atoms with Crippen LogP contribution in [-0.4, -0.2) is 48.7 Å². The summed E-state index contributed by atoms with van der Waals surface area (Å²) < 4.78 is 0. The number of Topliss-reactive ketones (excluding diaryl/α,β-unsaturated/α-hetero) is 1. The summed E-state index contributed by atoms with van der Waals surface area (Å²) in [5, 5.41) is 7.08. The van der Waals surface area contributed by atoms with E-state index in [0.29, 0.717) is 29.8 Å². The minimum absolute atomic E-state index is 0.00226. The molecule has 0 spiro atoms. The normalized spacial score (nSPS) is 23.4. The molecule has 0 aromatic heterocycles. The predicted molar refractivity (Wildman–Crippen MR) is 165 cm³/mol. The third-order valence-electron chi connectivity index (χ3n) is 8.64. The van der Waals surface area contributed by atoms with E-state index in [2.05, 4.69) is 35.4 Å². The molecule has 0 saturated heterocycles. The highest BCUT2D eigenvalue weighted by Crippen LogP contribution is 2.36. The largest absolute Gasteiger partial charge is 0.351 e. The molecule has 222 valence electrons. The summed E-state index contributed by atoms with van der Waals surface area (Å²) in [5.41, 5.74) is 2.94. The van der Waals surface area contributed by atoms with E-state index in [4.69, 9.17) is 11.6 Å². The summed E-state index contributed by atoms with van der Waals surface area (Å²) in [6.07, 6.45) is 6.81. The van der Waals surface area contributed by atoms with Crippen LogP contribution in [0.15, 0.2) is 48.5 Å². The van der Waals surface area contributed by atoms with Crippen molar-refractivity contribution in [1.29, 1.82) is 0 Å². The molecule has 2 aliphatic rings. The van der Waals surface area contributed by atoms with Gasteiger partial charge in [-0.3, -0.25) is 14.4 Å². The lowest BCUT2D eigenvalue weighted by molar-refractivity contribution is -0.132. The Labute approximate surface area is 250 Å². The van der Waals surface area contributed by atoms with Gasteiger partial charge in [-0.15, -0.1) is 0 Å². The first-order valence-electron chi connectivity index (χ1n) is 15.3. The van der Waals surface area contributed by atoms with Gasteiger partial charge in [0.25, 0.3) is 0 Å². The van der Waals surface area contributed by atoms with Crippen molar-refractivity contribution in [3.8, 4) is 0 Å². The first kappa shape index (κ1) is 31.2. The van der Waals surface area contributed by atoms with Crippen LogP contribution in [0.3, 0.4) is 0 Å². The van der Waals surface area contributed by atoms with Crippen LogP contribution in [0.25, 0.3) is 0 Å². The smallest absolute Gasteiger partial charge is 0.242 e. The minimum Gasteiger partial charge on any atom is -0.351 e. The zero-order valence-electron chi connectivity index (χ0n) is 25.0. The summed E-state index contributed by atoms with van der Waals surface area (Å²) in [4.78, 5) is 42.8. The number of nitrogens with one attached hydrogen (secondary N) is 2. The van der Waals surface area contributed by atoms with E-state index in [1.807, 2.05) is 56.6 Å². The second-order valence-electron chi connectivity index (χ2n) is 12.7. The van der Waals surface area contributed by atoms with Gasteiger partial charge in [0.2, 0.25) is 11.8 Å². The second kappa shape index (κ2) is 14.5. The molecule has 2 amide bonds. The Kier molecular flexibility index (Phi) is 11.0. The number of amides is 2. The Morgan fingerprint density at radius 1 is 0.927 bits per heavy atom. The van der Waals surface area contributed by atoms with Crippen molar-refractivity contribution >= 4 is 29.2 Å². The third kappa shape index (κ3) is 8.42. The number of carbonyl (C=O) groups excluding carboxylic acids is 3. The Hall–Kier alpha value is -2.70. The number of ketones is 1. The fourth-order valence-electron chi connectivity index (χ4n) is 6.65. The van der Waals surface area contributed by atoms with Gasteiger partial charge >= 0.3 is 0 Å². The molecule has 0 radical (unpaired) electrons. The van der Waals surface area contributed by atoms with E-state index in [1.165, 1.54) is 0 Å². The maximum atomic E-state index is 13.7. The number of rotatable bonds is 11. The highest BCUT2D eigenvalue weighted by Gasteiger charge is 2.39. The van der Waals surface area contributed by atoms with Crippen molar-refractivity contribution in [3.63, 3.8) is 0 Å². The predicted octanol–water partition coefficient (Wildman–Crippen LogP) is 6.37. The Morgan fingerprint density at radius 3 is 2.32 bits per heavy atom. The lowest BCUT2D eigenvalue weighted by Crippen LogP contribution is -2.53. The highest BCUT2D eigenvalue weighted by atomic mass is 35.5. The number of hydrogen-bond acceptors (Lipinski definition) is 4.